The molecule has 3 nitrogen and oxygen atoms in total. The Labute approximate surface area is 113 Å². The number of aromatic nitrogens is 2. The Morgan fingerprint density at radius 1 is 1.53 bits per heavy atom. The average Bonchev–Trinajstić information content (AvgIpc) is 2.90. The molecule has 0 amide bonds. The van der Waals surface area contributed by atoms with Crippen molar-refractivity contribution in [2.24, 2.45) is 0 Å². The maximum Gasteiger partial charge on any atom is 0.0762 e. The Morgan fingerprint density at radius 2 is 2.41 bits per heavy atom. The van der Waals surface area contributed by atoms with Crippen LogP contribution >= 0.6 is 27.3 Å². The first-order chi connectivity index (χ1) is 8.29. The standard InChI is InChI=1S/C12H14BrN3S/c13-9-5-12(17-8-9)7-16-4-3-11(15-16)6-14-10-1-2-10/h3-5,8,10,14H,1-2,6-7H2. The van der Waals surface area contributed by atoms with Gasteiger partial charge in [-0.25, -0.2) is 0 Å². The van der Waals surface area contributed by atoms with E-state index in [4.69, 9.17) is 0 Å². The number of nitrogens with zero attached hydrogens (tertiary/aromatic N) is 2. The van der Waals surface area contributed by atoms with Gasteiger partial charge in [0, 0.05) is 33.5 Å². The lowest BCUT2D eigenvalue weighted by Gasteiger charge is -1.99. The van der Waals surface area contributed by atoms with Gasteiger partial charge < -0.3 is 5.32 Å². The zero-order valence-corrected chi connectivity index (χ0v) is 11.8. The maximum atomic E-state index is 4.56. The molecule has 0 unspecified atom stereocenters. The lowest BCUT2D eigenvalue weighted by molar-refractivity contribution is 0.634. The fourth-order valence-electron chi connectivity index (χ4n) is 1.72. The van der Waals surface area contributed by atoms with Crippen molar-refractivity contribution in [2.75, 3.05) is 0 Å². The van der Waals surface area contributed by atoms with Crippen molar-refractivity contribution in [3.8, 4) is 0 Å². The first kappa shape index (κ1) is 11.4. The fourth-order valence-corrected chi connectivity index (χ4v) is 3.16. The summed E-state index contributed by atoms with van der Waals surface area (Å²) < 4.78 is 3.16. The molecule has 0 aliphatic heterocycles. The molecule has 2 aromatic rings. The van der Waals surface area contributed by atoms with Gasteiger partial charge in [0.2, 0.25) is 0 Å². The van der Waals surface area contributed by atoms with Crippen LogP contribution in [0.4, 0.5) is 0 Å². The van der Waals surface area contributed by atoms with Crippen molar-refractivity contribution < 1.29 is 0 Å². The van der Waals surface area contributed by atoms with Crippen LogP contribution in [0.5, 0.6) is 0 Å². The minimum atomic E-state index is 0.744. The van der Waals surface area contributed by atoms with E-state index in [0.29, 0.717) is 0 Å². The highest BCUT2D eigenvalue weighted by molar-refractivity contribution is 9.10. The number of thiophene rings is 1. The Kier molecular flexibility index (Phi) is 3.31. The van der Waals surface area contributed by atoms with Crippen LogP contribution in [-0.2, 0) is 13.1 Å². The van der Waals surface area contributed by atoms with Gasteiger partial charge in [-0.05, 0) is 40.9 Å². The van der Waals surface area contributed by atoms with Crippen LogP contribution in [0.15, 0.2) is 28.2 Å². The quantitative estimate of drug-likeness (QED) is 0.920. The maximum absolute atomic E-state index is 4.56. The lowest BCUT2D eigenvalue weighted by atomic mass is 10.4. The van der Waals surface area contributed by atoms with Gasteiger partial charge in [-0.1, -0.05) is 0 Å². The first-order valence-corrected chi connectivity index (χ1v) is 7.45. The molecule has 0 bridgehead atoms. The molecule has 3 rings (SSSR count). The topological polar surface area (TPSA) is 29.9 Å². The van der Waals surface area contributed by atoms with E-state index in [1.54, 1.807) is 11.3 Å². The van der Waals surface area contributed by atoms with E-state index < -0.39 is 0 Å². The minimum Gasteiger partial charge on any atom is -0.308 e. The van der Waals surface area contributed by atoms with Crippen LogP contribution in [-0.4, -0.2) is 15.8 Å². The van der Waals surface area contributed by atoms with Gasteiger partial charge in [0.15, 0.2) is 0 Å². The summed E-state index contributed by atoms with van der Waals surface area (Å²) in [7, 11) is 0. The summed E-state index contributed by atoms with van der Waals surface area (Å²) in [5.74, 6) is 0. The van der Waals surface area contributed by atoms with E-state index in [2.05, 4.69) is 50.1 Å². The molecule has 5 heteroatoms. The summed E-state index contributed by atoms with van der Waals surface area (Å²) in [6.45, 7) is 1.76. The van der Waals surface area contributed by atoms with Gasteiger partial charge in [-0.2, -0.15) is 5.10 Å². The molecule has 1 aliphatic carbocycles. The van der Waals surface area contributed by atoms with Gasteiger partial charge in [-0.15, -0.1) is 11.3 Å². The second-order valence-electron chi connectivity index (χ2n) is 4.39. The van der Waals surface area contributed by atoms with Crippen LogP contribution in [0.25, 0.3) is 0 Å². The third kappa shape index (κ3) is 3.18. The molecule has 2 heterocycles. The molecule has 0 aromatic carbocycles. The van der Waals surface area contributed by atoms with E-state index in [0.717, 1.165) is 29.3 Å². The summed E-state index contributed by atoms with van der Waals surface area (Å²) >= 11 is 5.23. The number of halogens is 1. The third-order valence-electron chi connectivity index (χ3n) is 2.78. The number of hydrogen-bond donors (Lipinski definition) is 1. The van der Waals surface area contributed by atoms with Gasteiger partial charge in [-0.3, -0.25) is 4.68 Å². The normalized spacial score (nSPS) is 15.4. The summed E-state index contributed by atoms with van der Waals surface area (Å²) in [6.07, 6.45) is 4.70. The monoisotopic (exact) mass is 311 g/mol. The van der Waals surface area contributed by atoms with Gasteiger partial charge in [0.05, 0.1) is 12.2 Å². The van der Waals surface area contributed by atoms with Crippen molar-refractivity contribution in [1.82, 2.24) is 15.1 Å². The Bertz CT molecular complexity index is 501. The molecule has 1 N–H and O–H groups in total. The van der Waals surface area contributed by atoms with Crippen LogP contribution < -0.4 is 5.32 Å². The van der Waals surface area contributed by atoms with Crippen LogP contribution in [0.2, 0.25) is 0 Å². The zero-order valence-electron chi connectivity index (χ0n) is 9.40. The largest absolute Gasteiger partial charge is 0.308 e. The summed E-state index contributed by atoms with van der Waals surface area (Å²) in [4.78, 5) is 1.32. The average molecular weight is 312 g/mol. The fraction of sp³-hybridized carbons (Fsp3) is 0.417. The predicted molar refractivity (Wildman–Crippen MR) is 73.2 cm³/mol. The van der Waals surface area contributed by atoms with Crippen molar-refractivity contribution in [3.05, 3.63) is 38.8 Å². The summed E-state index contributed by atoms with van der Waals surface area (Å²) in [6, 6.07) is 4.99. The second-order valence-corrected chi connectivity index (χ2v) is 6.30. The molecule has 0 saturated heterocycles. The molecule has 1 aliphatic rings. The van der Waals surface area contributed by atoms with Crippen LogP contribution in [0, 0.1) is 0 Å². The first-order valence-electron chi connectivity index (χ1n) is 5.78. The number of hydrogen-bond acceptors (Lipinski definition) is 3. The smallest absolute Gasteiger partial charge is 0.0762 e. The molecular weight excluding hydrogens is 298 g/mol. The van der Waals surface area contributed by atoms with E-state index >= 15 is 0 Å². The predicted octanol–water partition coefficient (Wildman–Crippen LogP) is 3.01. The zero-order chi connectivity index (χ0) is 11.7. The number of nitrogens with one attached hydrogen (secondary N) is 1. The molecule has 0 spiro atoms. The highest BCUT2D eigenvalue weighted by Crippen LogP contribution is 2.21. The van der Waals surface area contributed by atoms with Gasteiger partial charge >= 0.3 is 0 Å². The Morgan fingerprint density at radius 3 is 3.12 bits per heavy atom. The third-order valence-corrected chi connectivity index (χ3v) is 4.47. The van der Waals surface area contributed by atoms with Gasteiger partial charge in [0.25, 0.3) is 0 Å². The van der Waals surface area contributed by atoms with Crippen molar-refractivity contribution in [3.63, 3.8) is 0 Å². The second kappa shape index (κ2) is 4.92. The molecule has 90 valence electrons. The van der Waals surface area contributed by atoms with E-state index in [1.807, 2.05) is 4.68 Å². The molecule has 17 heavy (non-hydrogen) atoms. The molecule has 2 aromatic heterocycles. The minimum absolute atomic E-state index is 0.744. The SMILES string of the molecule is Brc1csc(Cn2ccc(CNC3CC3)n2)c1. The van der Waals surface area contributed by atoms with E-state index in [9.17, 15) is 0 Å². The lowest BCUT2D eigenvalue weighted by Crippen LogP contribution is -2.15. The highest BCUT2D eigenvalue weighted by Gasteiger charge is 2.20. The number of rotatable bonds is 5. The summed E-state index contributed by atoms with van der Waals surface area (Å²) in [5.41, 5.74) is 1.13. The highest BCUT2D eigenvalue weighted by atomic mass is 79.9. The molecule has 1 saturated carbocycles. The summed E-state index contributed by atoms with van der Waals surface area (Å²) in [5, 5.41) is 10.1. The molecule has 0 radical (unpaired) electrons. The van der Waals surface area contributed by atoms with Crippen molar-refractivity contribution in [2.45, 2.75) is 32.0 Å². The Balaban J connectivity index is 1.59. The van der Waals surface area contributed by atoms with E-state index in [-0.39, 0.29) is 0 Å². The van der Waals surface area contributed by atoms with Crippen LogP contribution in [0.1, 0.15) is 23.4 Å². The molecule has 0 atom stereocenters. The van der Waals surface area contributed by atoms with E-state index in [1.165, 1.54) is 17.7 Å². The van der Waals surface area contributed by atoms with Crippen molar-refractivity contribution in [1.29, 1.82) is 0 Å². The van der Waals surface area contributed by atoms with Crippen molar-refractivity contribution >= 4 is 27.3 Å². The van der Waals surface area contributed by atoms with Gasteiger partial charge in [0.1, 0.15) is 0 Å². The van der Waals surface area contributed by atoms with Crippen LogP contribution in [0.3, 0.4) is 0 Å². The Hall–Kier alpha value is -0.650. The molecular formula is C12H14BrN3S. The molecule has 1 fully saturated rings.